The summed E-state index contributed by atoms with van der Waals surface area (Å²) in [7, 11) is 0. The van der Waals surface area contributed by atoms with Gasteiger partial charge in [0.05, 0.1) is 26.1 Å². The van der Waals surface area contributed by atoms with E-state index in [0.29, 0.717) is 6.54 Å². The SMILES string of the molecule is CCN=c1ccc2nc3ccc(CN)cc3sc-2c1. The lowest BCUT2D eigenvalue weighted by atomic mass is 10.2. The highest BCUT2D eigenvalue weighted by Gasteiger charge is 2.07. The van der Waals surface area contributed by atoms with Crippen LogP contribution < -0.4 is 11.1 Å². The number of benzene rings is 2. The van der Waals surface area contributed by atoms with Crippen LogP contribution in [0.4, 0.5) is 0 Å². The summed E-state index contributed by atoms with van der Waals surface area (Å²) in [4.78, 5) is 10.3. The molecule has 2 N–H and O–H groups in total. The van der Waals surface area contributed by atoms with E-state index in [2.05, 4.69) is 22.1 Å². The maximum atomic E-state index is 5.69. The molecule has 1 heterocycles. The number of hydrogen-bond acceptors (Lipinski definition) is 4. The fraction of sp³-hybridized carbons (Fsp3) is 0.200. The molecule has 0 bridgehead atoms. The summed E-state index contributed by atoms with van der Waals surface area (Å²) in [6.45, 7) is 3.40. The molecule has 3 rings (SSSR count). The van der Waals surface area contributed by atoms with Crippen molar-refractivity contribution in [3.63, 3.8) is 0 Å². The van der Waals surface area contributed by atoms with Crippen molar-refractivity contribution < 1.29 is 0 Å². The van der Waals surface area contributed by atoms with Gasteiger partial charge < -0.3 is 5.73 Å². The van der Waals surface area contributed by atoms with E-state index in [0.717, 1.165) is 33.6 Å². The van der Waals surface area contributed by atoms with Crippen LogP contribution in [-0.2, 0) is 6.54 Å². The maximum Gasteiger partial charge on any atom is 0.0811 e. The van der Waals surface area contributed by atoms with Gasteiger partial charge in [0, 0.05) is 13.1 Å². The van der Waals surface area contributed by atoms with Crippen LogP contribution in [0.3, 0.4) is 0 Å². The molecule has 0 saturated heterocycles. The van der Waals surface area contributed by atoms with Gasteiger partial charge in [0.15, 0.2) is 0 Å². The van der Waals surface area contributed by atoms with Crippen LogP contribution in [0.15, 0.2) is 41.4 Å². The first-order chi connectivity index (χ1) is 9.30. The molecule has 3 nitrogen and oxygen atoms in total. The van der Waals surface area contributed by atoms with Crippen molar-refractivity contribution >= 4 is 21.6 Å². The van der Waals surface area contributed by atoms with Gasteiger partial charge in [-0.15, -0.1) is 11.3 Å². The molecule has 0 amide bonds. The molecule has 0 spiro atoms. The third-order valence-electron chi connectivity index (χ3n) is 3.00. The first-order valence-electron chi connectivity index (χ1n) is 6.34. The van der Waals surface area contributed by atoms with Gasteiger partial charge in [-0.3, -0.25) is 4.99 Å². The number of rotatable bonds is 2. The Balaban J connectivity index is 2.28. The molecule has 1 aromatic carbocycles. The predicted octanol–water partition coefficient (Wildman–Crippen LogP) is 2.78. The van der Waals surface area contributed by atoms with Crippen molar-refractivity contribution in [2.24, 2.45) is 10.7 Å². The second kappa shape index (κ2) is 5.07. The summed E-state index contributed by atoms with van der Waals surface area (Å²) in [6.07, 6.45) is 0. The molecule has 19 heavy (non-hydrogen) atoms. The molecule has 0 atom stereocenters. The summed E-state index contributed by atoms with van der Waals surface area (Å²) >= 11 is 1.74. The monoisotopic (exact) mass is 269 g/mol. The normalized spacial score (nSPS) is 12.4. The van der Waals surface area contributed by atoms with E-state index in [1.54, 1.807) is 11.3 Å². The van der Waals surface area contributed by atoms with Crippen molar-refractivity contribution in [3.8, 4) is 10.6 Å². The Labute approximate surface area is 115 Å². The van der Waals surface area contributed by atoms with Crippen molar-refractivity contribution in [3.05, 3.63) is 47.3 Å². The Hall–Kier alpha value is -1.78. The highest BCUT2D eigenvalue weighted by molar-refractivity contribution is 7.21. The predicted molar refractivity (Wildman–Crippen MR) is 80.2 cm³/mol. The highest BCUT2D eigenvalue weighted by atomic mass is 32.1. The van der Waals surface area contributed by atoms with Crippen LogP contribution >= 0.6 is 11.3 Å². The molecular formula is C15H15N3S. The van der Waals surface area contributed by atoms with Crippen LogP contribution in [-0.4, -0.2) is 11.5 Å². The quantitative estimate of drug-likeness (QED) is 0.727. The fourth-order valence-corrected chi connectivity index (χ4v) is 3.13. The van der Waals surface area contributed by atoms with Crippen molar-refractivity contribution in [2.45, 2.75) is 13.5 Å². The van der Waals surface area contributed by atoms with E-state index in [1.165, 1.54) is 4.70 Å². The van der Waals surface area contributed by atoms with Gasteiger partial charge in [-0.05, 0) is 42.8 Å². The topological polar surface area (TPSA) is 51.3 Å². The Bertz CT molecular complexity index is 761. The summed E-state index contributed by atoms with van der Waals surface area (Å²) < 4.78 is 1.17. The summed E-state index contributed by atoms with van der Waals surface area (Å²) in [5.74, 6) is 0. The number of fused-ring (bicyclic) bond motifs is 2. The minimum atomic E-state index is 0.561. The zero-order valence-electron chi connectivity index (χ0n) is 10.8. The molecule has 4 heteroatoms. The lowest BCUT2D eigenvalue weighted by molar-refractivity contribution is 1.06. The van der Waals surface area contributed by atoms with Gasteiger partial charge >= 0.3 is 0 Å². The molecule has 0 fully saturated rings. The van der Waals surface area contributed by atoms with Crippen LogP contribution in [0.1, 0.15) is 12.5 Å². The minimum Gasteiger partial charge on any atom is -0.326 e. The third-order valence-corrected chi connectivity index (χ3v) is 4.10. The second-order valence-electron chi connectivity index (χ2n) is 4.35. The Morgan fingerprint density at radius 3 is 2.89 bits per heavy atom. The molecule has 0 aromatic heterocycles. The minimum absolute atomic E-state index is 0.561. The fourth-order valence-electron chi connectivity index (χ4n) is 2.07. The molecule has 0 unspecified atom stereocenters. The second-order valence-corrected chi connectivity index (χ2v) is 5.43. The molecule has 2 aliphatic rings. The third kappa shape index (κ3) is 2.37. The molecule has 0 radical (unpaired) electrons. The zero-order chi connectivity index (χ0) is 13.2. The lowest BCUT2D eigenvalue weighted by Crippen LogP contribution is -2.02. The molecule has 96 valence electrons. The number of nitrogens with two attached hydrogens (primary N) is 1. The Morgan fingerprint density at radius 1 is 1.21 bits per heavy atom. The smallest absolute Gasteiger partial charge is 0.0811 e. The van der Waals surface area contributed by atoms with Crippen molar-refractivity contribution in [1.29, 1.82) is 0 Å². The Morgan fingerprint density at radius 2 is 2.11 bits per heavy atom. The van der Waals surface area contributed by atoms with E-state index in [1.807, 2.05) is 31.2 Å². The first-order valence-corrected chi connectivity index (χ1v) is 7.16. The van der Waals surface area contributed by atoms with E-state index >= 15 is 0 Å². The van der Waals surface area contributed by atoms with Crippen LogP contribution in [0.25, 0.3) is 20.8 Å². The van der Waals surface area contributed by atoms with Crippen molar-refractivity contribution in [2.75, 3.05) is 6.54 Å². The molecular weight excluding hydrogens is 254 g/mol. The van der Waals surface area contributed by atoms with Crippen LogP contribution in [0.5, 0.6) is 0 Å². The Kier molecular flexibility index (Phi) is 3.27. The summed E-state index contributed by atoms with van der Waals surface area (Å²) in [5, 5.41) is 1.02. The average molecular weight is 269 g/mol. The molecule has 1 aromatic rings. The lowest BCUT2D eigenvalue weighted by Gasteiger charge is -2.07. The van der Waals surface area contributed by atoms with E-state index in [-0.39, 0.29) is 0 Å². The van der Waals surface area contributed by atoms with E-state index in [9.17, 15) is 0 Å². The number of hydrogen-bond donors (Lipinski definition) is 1. The number of aromatic nitrogens is 1. The highest BCUT2D eigenvalue weighted by Crippen LogP contribution is 2.29. The number of nitrogens with zero attached hydrogens (tertiary/aromatic N) is 2. The zero-order valence-corrected chi connectivity index (χ0v) is 11.6. The van der Waals surface area contributed by atoms with Gasteiger partial charge in [-0.1, -0.05) is 6.07 Å². The largest absolute Gasteiger partial charge is 0.326 e. The van der Waals surface area contributed by atoms with E-state index < -0.39 is 0 Å². The van der Waals surface area contributed by atoms with Gasteiger partial charge in [-0.2, -0.15) is 0 Å². The summed E-state index contributed by atoms with van der Waals surface area (Å²) in [5.41, 5.74) is 8.87. The average Bonchev–Trinajstić information content (AvgIpc) is 2.45. The summed E-state index contributed by atoms with van der Waals surface area (Å²) in [6, 6.07) is 12.4. The van der Waals surface area contributed by atoms with Gasteiger partial charge in [0.2, 0.25) is 0 Å². The van der Waals surface area contributed by atoms with Gasteiger partial charge in [-0.25, -0.2) is 4.98 Å². The van der Waals surface area contributed by atoms with Crippen LogP contribution in [0.2, 0.25) is 0 Å². The molecule has 1 aliphatic carbocycles. The van der Waals surface area contributed by atoms with Gasteiger partial charge in [0.25, 0.3) is 0 Å². The maximum absolute atomic E-state index is 5.69. The van der Waals surface area contributed by atoms with Gasteiger partial charge in [0.1, 0.15) is 0 Å². The first kappa shape index (κ1) is 12.3. The van der Waals surface area contributed by atoms with Crippen molar-refractivity contribution in [1.82, 2.24) is 4.98 Å². The molecule has 0 saturated carbocycles. The standard InChI is InChI=1S/C15H15N3S/c1-2-17-11-4-6-13-15(8-11)19-14-7-10(9-16)3-5-12(14)18-13/h3-8H,2,9,16H2,1H3. The van der Waals surface area contributed by atoms with Crippen LogP contribution in [0, 0.1) is 0 Å². The molecule has 1 aliphatic heterocycles. The van der Waals surface area contributed by atoms with E-state index in [4.69, 9.17) is 5.73 Å².